The van der Waals surface area contributed by atoms with Gasteiger partial charge in [-0.05, 0) is 43.0 Å². The Morgan fingerprint density at radius 1 is 1.10 bits per heavy atom. The van der Waals surface area contributed by atoms with Gasteiger partial charge < -0.3 is 15.4 Å². The fraction of sp³-hybridized carbons (Fsp3) is 0.435. The number of aliphatic imine (C=N–C) groups is 1. The number of rotatable bonds is 8. The summed E-state index contributed by atoms with van der Waals surface area (Å²) in [6.07, 6.45) is 2.10. The Morgan fingerprint density at radius 2 is 1.83 bits per heavy atom. The SMILES string of the molecule is CCNC(=NCc1cccc(OC(F)F)c1)NC1CCN(Cc2ccccc2)CC1. The second-order valence-corrected chi connectivity index (χ2v) is 7.40. The van der Waals surface area contributed by atoms with E-state index in [4.69, 9.17) is 0 Å². The van der Waals surface area contributed by atoms with Gasteiger partial charge in [-0.25, -0.2) is 4.99 Å². The Bertz CT molecular complexity index is 793. The Labute approximate surface area is 177 Å². The van der Waals surface area contributed by atoms with Crippen molar-refractivity contribution >= 4 is 5.96 Å². The molecule has 3 rings (SSSR count). The van der Waals surface area contributed by atoms with Gasteiger partial charge >= 0.3 is 6.61 Å². The van der Waals surface area contributed by atoms with Gasteiger partial charge in [-0.2, -0.15) is 8.78 Å². The smallest absolute Gasteiger partial charge is 0.387 e. The number of hydrogen-bond acceptors (Lipinski definition) is 3. The Hall–Kier alpha value is -2.67. The minimum absolute atomic E-state index is 0.154. The van der Waals surface area contributed by atoms with E-state index in [2.05, 4.69) is 49.5 Å². The predicted molar refractivity (Wildman–Crippen MR) is 116 cm³/mol. The first kappa shape index (κ1) is 22.0. The lowest BCUT2D eigenvalue weighted by atomic mass is 10.0. The van der Waals surface area contributed by atoms with Gasteiger partial charge in [-0.15, -0.1) is 0 Å². The van der Waals surface area contributed by atoms with Crippen LogP contribution in [-0.4, -0.2) is 43.1 Å². The van der Waals surface area contributed by atoms with E-state index in [1.165, 1.54) is 11.6 Å². The number of likely N-dealkylation sites (tertiary alicyclic amines) is 1. The van der Waals surface area contributed by atoms with Gasteiger partial charge in [0.2, 0.25) is 0 Å². The molecule has 1 fully saturated rings. The molecule has 0 unspecified atom stereocenters. The van der Waals surface area contributed by atoms with Gasteiger partial charge in [-0.3, -0.25) is 4.90 Å². The number of alkyl halides is 2. The quantitative estimate of drug-likeness (QED) is 0.504. The van der Waals surface area contributed by atoms with Crippen LogP contribution in [0.4, 0.5) is 8.78 Å². The minimum Gasteiger partial charge on any atom is -0.435 e. The number of nitrogens with one attached hydrogen (secondary N) is 2. The van der Waals surface area contributed by atoms with Gasteiger partial charge in [0.15, 0.2) is 5.96 Å². The van der Waals surface area contributed by atoms with E-state index in [0.29, 0.717) is 12.6 Å². The highest BCUT2D eigenvalue weighted by Gasteiger charge is 2.20. The summed E-state index contributed by atoms with van der Waals surface area (Å²) in [6, 6.07) is 17.6. The average molecular weight is 417 g/mol. The van der Waals surface area contributed by atoms with Crippen molar-refractivity contribution in [2.45, 2.75) is 45.5 Å². The highest BCUT2D eigenvalue weighted by atomic mass is 19.3. The fourth-order valence-corrected chi connectivity index (χ4v) is 3.58. The van der Waals surface area contributed by atoms with Gasteiger partial charge in [0.05, 0.1) is 6.54 Å². The summed E-state index contributed by atoms with van der Waals surface area (Å²) < 4.78 is 29.3. The molecule has 1 heterocycles. The number of halogens is 2. The number of benzene rings is 2. The first-order chi connectivity index (χ1) is 14.6. The van der Waals surface area contributed by atoms with Crippen LogP contribution >= 0.6 is 0 Å². The van der Waals surface area contributed by atoms with Crippen molar-refractivity contribution in [3.63, 3.8) is 0 Å². The molecule has 162 valence electrons. The third-order valence-corrected chi connectivity index (χ3v) is 5.07. The van der Waals surface area contributed by atoms with E-state index in [0.717, 1.165) is 50.5 Å². The first-order valence-corrected chi connectivity index (χ1v) is 10.5. The zero-order chi connectivity index (χ0) is 21.2. The van der Waals surface area contributed by atoms with Crippen molar-refractivity contribution in [1.29, 1.82) is 0 Å². The number of guanidine groups is 1. The second-order valence-electron chi connectivity index (χ2n) is 7.40. The van der Waals surface area contributed by atoms with Crippen LogP contribution in [-0.2, 0) is 13.1 Å². The molecule has 30 heavy (non-hydrogen) atoms. The maximum Gasteiger partial charge on any atom is 0.387 e. The highest BCUT2D eigenvalue weighted by Crippen LogP contribution is 2.17. The van der Waals surface area contributed by atoms with E-state index in [9.17, 15) is 8.78 Å². The molecule has 2 N–H and O–H groups in total. The summed E-state index contributed by atoms with van der Waals surface area (Å²) in [5.74, 6) is 0.903. The fourth-order valence-electron chi connectivity index (χ4n) is 3.58. The second kappa shape index (κ2) is 11.5. The topological polar surface area (TPSA) is 48.9 Å². The highest BCUT2D eigenvalue weighted by molar-refractivity contribution is 5.80. The lowest BCUT2D eigenvalue weighted by Gasteiger charge is -2.33. The first-order valence-electron chi connectivity index (χ1n) is 10.5. The Morgan fingerprint density at radius 3 is 2.53 bits per heavy atom. The molecule has 0 saturated carbocycles. The van der Waals surface area contributed by atoms with Crippen molar-refractivity contribution < 1.29 is 13.5 Å². The van der Waals surface area contributed by atoms with Crippen molar-refractivity contribution in [2.75, 3.05) is 19.6 Å². The Kier molecular flexibility index (Phi) is 8.44. The molecule has 0 spiro atoms. The normalized spacial score (nSPS) is 15.9. The van der Waals surface area contributed by atoms with Crippen molar-refractivity contribution in [3.8, 4) is 5.75 Å². The maximum atomic E-state index is 12.4. The lowest BCUT2D eigenvalue weighted by Crippen LogP contribution is -2.48. The van der Waals surface area contributed by atoms with Crippen molar-refractivity contribution in [1.82, 2.24) is 15.5 Å². The number of piperidine rings is 1. The Balaban J connectivity index is 1.50. The standard InChI is InChI=1S/C23H30F2N4O/c1-2-26-23(27-16-19-9-6-10-21(15-19)30-22(24)25)28-20-11-13-29(14-12-20)17-18-7-4-3-5-8-18/h3-10,15,20,22H,2,11-14,16-17H2,1H3,(H2,26,27,28). The molecule has 1 saturated heterocycles. The summed E-state index contributed by atoms with van der Waals surface area (Å²) in [7, 11) is 0. The van der Waals surface area contributed by atoms with Crippen LogP contribution in [0.2, 0.25) is 0 Å². The van der Waals surface area contributed by atoms with E-state index < -0.39 is 6.61 Å². The predicted octanol–water partition coefficient (Wildman–Crippen LogP) is 4.01. The van der Waals surface area contributed by atoms with E-state index in [1.807, 2.05) is 19.1 Å². The van der Waals surface area contributed by atoms with Gasteiger partial charge in [0.25, 0.3) is 0 Å². The lowest BCUT2D eigenvalue weighted by molar-refractivity contribution is -0.0498. The molecule has 0 aromatic heterocycles. The van der Waals surface area contributed by atoms with Crippen LogP contribution in [0.15, 0.2) is 59.6 Å². The van der Waals surface area contributed by atoms with E-state index in [1.54, 1.807) is 12.1 Å². The molecule has 1 aliphatic heterocycles. The summed E-state index contributed by atoms with van der Waals surface area (Å²) in [4.78, 5) is 7.10. The van der Waals surface area contributed by atoms with Gasteiger partial charge in [0.1, 0.15) is 5.75 Å². The molecule has 0 bridgehead atoms. The molecule has 5 nitrogen and oxygen atoms in total. The molecule has 7 heteroatoms. The van der Waals surface area contributed by atoms with Gasteiger partial charge in [-0.1, -0.05) is 42.5 Å². The van der Waals surface area contributed by atoms with Crippen LogP contribution in [0.1, 0.15) is 30.9 Å². The van der Waals surface area contributed by atoms with E-state index >= 15 is 0 Å². The van der Waals surface area contributed by atoms with E-state index in [-0.39, 0.29) is 5.75 Å². The summed E-state index contributed by atoms with van der Waals surface area (Å²) in [6.45, 7) is 3.42. The van der Waals surface area contributed by atoms with Crippen molar-refractivity contribution in [3.05, 3.63) is 65.7 Å². The molecule has 2 aromatic carbocycles. The molecular weight excluding hydrogens is 386 g/mol. The molecule has 0 amide bonds. The third-order valence-electron chi connectivity index (χ3n) is 5.07. The minimum atomic E-state index is -2.82. The molecule has 0 radical (unpaired) electrons. The van der Waals surface area contributed by atoms with Crippen molar-refractivity contribution in [2.24, 2.45) is 4.99 Å². The third kappa shape index (κ3) is 7.30. The van der Waals surface area contributed by atoms with Crippen LogP contribution in [0.5, 0.6) is 5.75 Å². The molecule has 1 aliphatic rings. The van der Waals surface area contributed by atoms with Gasteiger partial charge in [0, 0.05) is 32.2 Å². The molecule has 0 atom stereocenters. The van der Waals surface area contributed by atoms with Crippen LogP contribution in [0.25, 0.3) is 0 Å². The van der Waals surface area contributed by atoms with Crippen LogP contribution in [0, 0.1) is 0 Å². The molecule has 2 aromatic rings. The summed E-state index contributed by atoms with van der Waals surface area (Å²) in [5, 5.41) is 6.79. The number of hydrogen-bond donors (Lipinski definition) is 2. The number of nitrogens with zero attached hydrogens (tertiary/aromatic N) is 2. The zero-order valence-corrected chi connectivity index (χ0v) is 17.4. The maximum absolute atomic E-state index is 12.4. The molecular formula is C23H30F2N4O. The number of ether oxygens (including phenoxy) is 1. The monoisotopic (exact) mass is 416 g/mol. The summed E-state index contributed by atoms with van der Waals surface area (Å²) >= 11 is 0. The molecule has 0 aliphatic carbocycles. The van der Waals surface area contributed by atoms with Crippen LogP contribution < -0.4 is 15.4 Å². The largest absolute Gasteiger partial charge is 0.435 e. The summed E-state index contributed by atoms with van der Waals surface area (Å²) in [5.41, 5.74) is 2.17. The average Bonchev–Trinajstić information content (AvgIpc) is 2.74. The zero-order valence-electron chi connectivity index (χ0n) is 17.4. The van der Waals surface area contributed by atoms with Crippen LogP contribution in [0.3, 0.4) is 0 Å².